The van der Waals surface area contributed by atoms with Crippen molar-refractivity contribution in [3.63, 3.8) is 0 Å². The standard InChI is InChI=1S/C18H17N3O3/c1-12-7-8-21-17(9-12)20-15(10-18(21)23)11-24-16-5-3-14(4-6-16)19-13(2)22/h3-10H,11H2,1-2H3,(H,19,22). The molecule has 24 heavy (non-hydrogen) atoms. The van der Waals surface area contributed by atoms with Gasteiger partial charge in [-0.1, -0.05) is 0 Å². The number of benzene rings is 1. The molecule has 0 saturated carbocycles. The van der Waals surface area contributed by atoms with E-state index < -0.39 is 0 Å². The third-order valence-corrected chi connectivity index (χ3v) is 3.44. The van der Waals surface area contributed by atoms with Crippen LogP contribution >= 0.6 is 0 Å². The number of hydrogen-bond acceptors (Lipinski definition) is 4. The van der Waals surface area contributed by atoms with Gasteiger partial charge in [0.05, 0.1) is 5.69 Å². The van der Waals surface area contributed by atoms with Crippen molar-refractivity contribution in [2.75, 3.05) is 5.32 Å². The summed E-state index contributed by atoms with van der Waals surface area (Å²) in [6, 6.07) is 12.2. The lowest BCUT2D eigenvalue weighted by atomic mass is 10.3. The Kier molecular flexibility index (Phi) is 4.29. The minimum atomic E-state index is -0.139. The van der Waals surface area contributed by atoms with Crippen LogP contribution in [0.25, 0.3) is 5.65 Å². The predicted molar refractivity (Wildman–Crippen MR) is 91.3 cm³/mol. The van der Waals surface area contributed by atoms with Gasteiger partial charge in [-0.15, -0.1) is 0 Å². The van der Waals surface area contributed by atoms with Crippen molar-refractivity contribution in [1.82, 2.24) is 9.38 Å². The second-order valence-corrected chi connectivity index (χ2v) is 5.51. The van der Waals surface area contributed by atoms with Crippen LogP contribution in [0.1, 0.15) is 18.2 Å². The highest BCUT2D eigenvalue weighted by atomic mass is 16.5. The first-order chi connectivity index (χ1) is 11.5. The van der Waals surface area contributed by atoms with Gasteiger partial charge in [-0.3, -0.25) is 14.0 Å². The summed E-state index contributed by atoms with van der Waals surface area (Å²) in [5.74, 6) is 0.509. The average molecular weight is 323 g/mol. The molecule has 1 amide bonds. The van der Waals surface area contributed by atoms with E-state index in [0.29, 0.717) is 22.8 Å². The fourth-order valence-corrected chi connectivity index (χ4v) is 2.32. The van der Waals surface area contributed by atoms with E-state index in [9.17, 15) is 9.59 Å². The van der Waals surface area contributed by atoms with Crippen molar-refractivity contribution in [3.8, 4) is 5.75 Å². The molecule has 6 nitrogen and oxygen atoms in total. The monoisotopic (exact) mass is 323 g/mol. The summed E-state index contributed by atoms with van der Waals surface area (Å²) in [6.07, 6.45) is 1.71. The zero-order chi connectivity index (χ0) is 17.1. The van der Waals surface area contributed by atoms with Gasteiger partial charge < -0.3 is 10.1 Å². The molecule has 1 aromatic carbocycles. The second kappa shape index (κ2) is 6.54. The third-order valence-electron chi connectivity index (χ3n) is 3.44. The summed E-state index contributed by atoms with van der Waals surface area (Å²) >= 11 is 0. The summed E-state index contributed by atoms with van der Waals surface area (Å²) in [5.41, 5.74) is 2.76. The molecule has 0 radical (unpaired) electrons. The van der Waals surface area contributed by atoms with Crippen molar-refractivity contribution in [2.24, 2.45) is 0 Å². The average Bonchev–Trinajstić information content (AvgIpc) is 2.53. The largest absolute Gasteiger partial charge is 0.487 e. The zero-order valence-corrected chi connectivity index (χ0v) is 13.4. The van der Waals surface area contributed by atoms with Crippen LogP contribution in [0.3, 0.4) is 0 Å². The fraction of sp³-hybridized carbons (Fsp3) is 0.167. The Morgan fingerprint density at radius 3 is 2.67 bits per heavy atom. The van der Waals surface area contributed by atoms with E-state index >= 15 is 0 Å². The van der Waals surface area contributed by atoms with E-state index in [1.54, 1.807) is 30.5 Å². The first-order valence-corrected chi connectivity index (χ1v) is 7.51. The van der Waals surface area contributed by atoms with Crippen LogP contribution in [0.15, 0.2) is 53.5 Å². The molecule has 2 heterocycles. The number of nitrogens with one attached hydrogen (secondary N) is 1. The summed E-state index contributed by atoms with van der Waals surface area (Å²) in [5, 5.41) is 2.69. The van der Waals surface area contributed by atoms with E-state index in [4.69, 9.17) is 4.74 Å². The van der Waals surface area contributed by atoms with Crippen molar-refractivity contribution in [1.29, 1.82) is 0 Å². The molecular formula is C18H17N3O3. The number of fused-ring (bicyclic) bond motifs is 1. The van der Waals surface area contributed by atoms with Gasteiger partial charge in [0.15, 0.2) is 0 Å². The molecule has 0 spiro atoms. The van der Waals surface area contributed by atoms with Gasteiger partial charge in [-0.2, -0.15) is 0 Å². The van der Waals surface area contributed by atoms with Crippen LogP contribution in [0.2, 0.25) is 0 Å². The normalized spacial score (nSPS) is 10.6. The topological polar surface area (TPSA) is 72.7 Å². The van der Waals surface area contributed by atoms with Crippen molar-refractivity contribution < 1.29 is 9.53 Å². The van der Waals surface area contributed by atoms with Crippen LogP contribution in [-0.4, -0.2) is 15.3 Å². The quantitative estimate of drug-likeness (QED) is 0.801. The number of nitrogens with zero attached hydrogens (tertiary/aromatic N) is 2. The molecule has 2 aromatic heterocycles. The van der Waals surface area contributed by atoms with Gasteiger partial charge in [0.2, 0.25) is 5.91 Å². The molecule has 6 heteroatoms. The van der Waals surface area contributed by atoms with E-state index in [1.807, 2.05) is 19.1 Å². The molecule has 122 valence electrons. The van der Waals surface area contributed by atoms with Crippen LogP contribution < -0.4 is 15.6 Å². The minimum Gasteiger partial charge on any atom is -0.487 e. The maximum Gasteiger partial charge on any atom is 0.258 e. The van der Waals surface area contributed by atoms with E-state index in [1.165, 1.54) is 17.4 Å². The van der Waals surface area contributed by atoms with Gasteiger partial charge in [-0.05, 0) is 48.9 Å². The molecular weight excluding hydrogens is 306 g/mol. The van der Waals surface area contributed by atoms with Gasteiger partial charge >= 0.3 is 0 Å². The summed E-state index contributed by atoms with van der Waals surface area (Å²) in [6.45, 7) is 3.60. The Labute approximate surface area is 138 Å². The highest BCUT2D eigenvalue weighted by Crippen LogP contribution is 2.16. The number of carbonyl (C=O) groups excluding carboxylic acids is 1. The smallest absolute Gasteiger partial charge is 0.258 e. The van der Waals surface area contributed by atoms with E-state index in [-0.39, 0.29) is 18.1 Å². The Morgan fingerprint density at radius 1 is 1.21 bits per heavy atom. The maximum absolute atomic E-state index is 12.1. The molecule has 0 fully saturated rings. The zero-order valence-electron chi connectivity index (χ0n) is 13.4. The molecule has 0 aliphatic heterocycles. The predicted octanol–water partition coefficient (Wildman–Crippen LogP) is 2.54. The molecule has 0 aliphatic carbocycles. The number of amides is 1. The molecule has 0 saturated heterocycles. The highest BCUT2D eigenvalue weighted by molar-refractivity contribution is 5.88. The second-order valence-electron chi connectivity index (χ2n) is 5.51. The molecule has 1 N–H and O–H groups in total. The third kappa shape index (κ3) is 3.60. The molecule has 0 aliphatic rings. The summed E-state index contributed by atoms with van der Waals surface area (Å²) in [4.78, 5) is 27.5. The lowest BCUT2D eigenvalue weighted by Gasteiger charge is -2.08. The Bertz CT molecular complexity index is 946. The van der Waals surface area contributed by atoms with E-state index in [2.05, 4.69) is 10.3 Å². The van der Waals surface area contributed by atoms with Crippen LogP contribution in [0, 0.1) is 6.92 Å². The number of aryl methyl sites for hydroxylation is 1. The first kappa shape index (κ1) is 15.7. The van der Waals surface area contributed by atoms with Crippen LogP contribution in [0.4, 0.5) is 5.69 Å². The van der Waals surface area contributed by atoms with Crippen molar-refractivity contribution >= 4 is 17.2 Å². The number of ether oxygens (including phenoxy) is 1. The molecule has 0 bridgehead atoms. The van der Waals surface area contributed by atoms with Crippen LogP contribution in [0.5, 0.6) is 5.75 Å². The molecule has 3 aromatic rings. The fourth-order valence-electron chi connectivity index (χ4n) is 2.32. The number of hydrogen-bond donors (Lipinski definition) is 1. The summed E-state index contributed by atoms with van der Waals surface area (Å²) in [7, 11) is 0. The van der Waals surface area contributed by atoms with Gasteiger partial charge in [-0.25, -0.2) is 4.98 Å². The van der Waals surface area contributed by atoms with Gasteiger partial charge in [0, 0.05) is 24.9 Å². The van der Waals surface area contributed by atoms with Crippen LogP contribution in [-0.2, 0) is 11.4 Å². The molecule has 0 atom stereocenters. The Hall–Kier alpha value is -3.15. The Balaban J connectivity index is 1.75. The SMILES string of the molecule is CC(=O)Nc1ccc(OCc2cc(=O)n3ccc(C)cc3n2)cc1. The lowest BCUT2D eigenvalue weighted by Crippen LogP contribution is -2.16. The van der Waals surface area contributed by atoms with E-state index in [0.717, 1.165) is 5.56 Å². The maximum atomic E-state index is 12.1. The van der Waals surface area contributed by atoms with Crippen molar-refractivity contribution in [3.05, 3.63) is 70.3 Å². The number of anilines is 1. The molecule has 0 unspecified atom stereocenters. The summed E-state index contributed by atoms with van der Waals surface area (Å²) < 4.78 is 7.16. The number of rotatable bonds is 4. The number of aromatic nitrogens is 2. The number of pyridine rings is 1. The number of carbonyl (C=O) groups is 1. The minimum absolute atomic E-state index is 0.125. The lowest BCUT2D eigenvalue weighted by molar-refractivity contribution is -0.114. The first-order valence-electron chi connectivity index (χ1n) is 7.51. The Morgan fingerprint density at radius 2 is 1.96 bits per heavy atom. The van der Waals surface area contributed by atoms with Gasteiger partial charge in [0.1, 0.15) is 18.0 Å². The molecule has 3 rings (SSSR count). The highest BCUT2D eigenvalue weighted by Gasteiger charge is 2.04. The van der Waals surface area contributed by atoms with Gasteiger partial charge in [0.25, 0.3) is 5.56 Å². The van der Waals surface area contributed by atoms with Crippen molar-refractivity contribution in [2.45, 2.75) is 20.5 Å².